The lowest BCUT2D eigenvalue weighted by Crippen LogP contribution is -2.14. The molecule has 14 heavy (non-hydrogen) atoms. The van der Waals surface area contributed by atoms with E-state index in [4.69, 9.17) is 11.6 Å². The van der Waals surface area contributed by atoms with E-state index in [1.54, 1.807) is 0 Å². The van der Waals surface area contributed by atoms with Crippen molar-refractivity contribution < 1.29 is 0 Å². The van der Waals surface area contributed by atoms with E-state index in [0.29, 0.717) is 0 Å². The Morgan fingerprint density at radius 3 is 2.64 bits per heavy atom. The maximum absolute atomic E-state index is 5.78. The summed E-state index contributed by atoms with van der Waals surface area (Å²) in [6, 6.07) is 7.93. The first-order valence-corrected chi connectivity index (χ1v) is 5.27. The van der Waals surface area contributed by atoms with Gasteiger partial charge in [0.15, 0.2) is 0 Å². The fourth-order valence-electron chi connectivity index (χ4n) is 1.21. The van der Waals surface area contributed by atoms with E-state index >= 15 is 0 Å². The molecule has 0 heterocycles. The molecule has 0 saturated heterocycles. The third kappa shape index (κ3) is 4.45. The number of allylic oxidation sites excluding steroid dienone is 1. The maximum atomic E-state index is 5.78. The fraction of sp³-hybridized carbons (Fsp3) is 0.333. The summed E-state index contributed by atoms with van der Waals surface area (Å²) in [5, 5.41) is 4.16. The van der Waals surface area contributed by atoms with E-state index in [1.165, 1.54) is 5.56 Å². The van der Waals surface area contributed by atoms with Crippen LogP contribution in [0.1, 0.15) is 18.4 Å². The molecule has 0 aliphatic carbocycles. The third-order valence-electron chi connectivity index (χ3n) is 2.00. The number of benzene rings is 1. The van der Waals surface area contributed by atoms with Gasteiger partial charge in [0.25, 0.3) is 0 Å². The van der Waals surface area contributed by atoms with Crippen LogP contribution in [-0.2, 0) is 6.54 Å². The zero-order valence-electron chi connectivity index (χ0n) is 8.30. The lowest BCUT2D eigenvalue weighted by atomic mass is 10.2. The SMILES string of the molecule is C=CCCCNCc1ccc(Cl)cc1. The average Bonchev–Trinajstić information content (AvgIpc) is 2.21. The van der Waals surface area contributed by atoms with Crippen LogP contribution in [0.3, 0.4) is 0 Å². The highest BCUT2D eigenvalue weighted by molar-refractivity contribution is 6.30. The molecule has 0 aromatic heterocycles. The number of nitrogens with one attached hydrogen (secondary N) is 1. The standard InChI is InChI=1S/C12H16ClN/c1-2-3-4-9-14-10-11-5-7-12(13)8-6-11/h2,5-8,14H,1,3-4,9-10H2. The van der Waals surface area contributed by atoms with E-state index in [0.717, 1.165) is 31.0 Å². The Labute approximate surface area is 90.8 Å². The molecule has 1 nitrogen and oxygen atoms in total. The highest BCUT2D eigenvalue weighted by Gasteiger charge is 1.92. The molecule has 0 radical (unpaired) electrons. The molecule has 0 amide bonds. The summed E-state index contributed by atoms with van der Waals surface area (Å²) in [6.07, 6.45) is 4.18. The largest absolute Gasteiger partial charge is 0.313 e. The smallest absolute Gasteiger partial charge is 0.0406 e. The highest BCUT2D eigenvalue weighted by Crippen LogP contribution is 2.08. The topological polar surface area (TPSA) is 12.0 Å². The lowest BCUT2D eigenvalue weighted by molar-refractivity contribution is 0.655. The van der Waals surface area contributed by atoms with Crippen molar-refractivity contribution in [2.45, 2.75) is 19.4 Å². The molecule has 0 unspecified atom stereocenters. The number of halogens is 1. The molecule has 1 aromatic carbocycles. The van der Waals surface area contributed by atoms with Crippen molar-refractivity contribution in [3.63, 3.8) is 0 Å². The minimum absolute atomic E-state index is 0.792. The second kappa shape index (κ2) is 6.63. The van der Waals surface area contributed by atoms with Crippen LogP contribution in [0, 0.1) is 0 Å². The van der Waals surface area contributed by atoms with Crippen molar-refractivity contribution in [3.8, 4) is 0 Å². The van der Waals surface area contributed by atoms with Gasteiger partial charge in [-0.2, -0.15) is 0 Å². The predicted molar refractivity (Wildman–Crippen MR) is 62.6 cm³/mol. The monoisotopic (exact) mass is 209 g/mol. The molecular weight excluding hydrogens is 194 g/mol. The number of hydrogen-bond acceptors (Lipinski definition) is 1. The maximum Gasteiger partial charge on any atom is 0.0406 e. The average molecular weight is 210 g/mol. The van der Waals surface area contributed by atoms with Gasteiger partial charge in [0.05, 0.1) is 0 Å². The minimum Gasteiger partial charge on any atom is -0.313 e. The van der Waals surface area contributed by atoms with Gasteiger partial charge in [0.1, 0.15) is 0 Å². The second-order valence-corrected chi connectivity index (χ2v) is 3.67. The Morgan fingerprint density at radius 1 is 1.29 bits per heavy atom. The molecule has 0 aliphatic rings. The number of rotatable bonds is 6. The molecule has 2 heteroatoms. The Bertz CT molecular complexity index is 266. The molecule has 0 atom stereocenters. The van der Waals surface area contributed by atoms with Gasteiger partial charge in [-0.3, -0.25) is 0 Å². The fourth-order valence-corrected chi connectivity index (χ4v) is 1.33. The van der Waals surface area contributed by atoms with E-state index < -0.39 is 0 Å². The Hall–Kier alpha value is -0.790. The number of hydrogen-bond donors (Lipinski definition) is 1. The summed E-state index contributed by atoms with van der Waals surface area (Å²) >= 11 is 5.78. The predicted octanol–water partition coefficient (Wildman–Crippen LogP) is 3.40. The van der Waals surface area contributed by atoms with Gasteiger partial charge in [-0.05, 0) is 37.1 Å². The molecule has 0 aliphatic heterocycles. The summed E-state index contributed by atoms with van der Waals surface area (Å²) < 4.78 is 0. The van der Waals surface area contributed by atoms with Crippen molar-refractivity contribution >= 4 is 11.6 Å². The molecule has 0 fully saturated rings. The van der Waals surface area contributed by atoms with Crippen molar-refractivity contribution in [2.24, 2.45) is 0 Å². The second-order valence-electron chi connectivity index (χ2n) is 3.23. The van der Waals surface area contributed by atoms with Crippen molar-refractivity contribution in [2.75, 3.05) is 6.54 Å². The summed E-state index contributed by atoms with van der Waals surface area (Å²) in [7, 11) is 0. The van der Waals surface area contributed by atoms with Crippen LogP contribution in [0.25, 0.3) is 0 Å². The first kappa shape index (κ1) is 11.3. The van der Waals surface area contributed by atoms with Gasteiger partial charge in [-0.1, -0.05) is 29.8 Å². The van der Waals surface area contributed by atoms with Crippen LogP contribution >= 0.6 is 11.6 Å². The van der Waals surface area contributed by atoms with E-state index in [2.05, 4.69) is 11.9 Å². The molecular formula is C12H16ClN. The molecule has 1 aromatic rings. The quantitative estimate of drug-likeness (QED) is 0.560. The summed E-state index contributed by atoms with van der Waals surface area (Å²) in [5.74, 6) is 0. The van der Waals surface area contributed by atoms with Gasteiger partial charge in [0.2, 0.25) is 0 Å². The zero-order valence-corrected chi connectivity index (χ0v) is 9.06. The lowest BCUT2D eigenvalue weighted by Gasteiger charge is -2.03. The van der Waals surface area contributed by atoms with Gasteiger partial charge in [-0.25, -0.2) is 0 Å². The van der Waals surface area contributed by atoms with Crippen molar-refractivity contribution in [1.29, 1.82) is 0 Å². The van der Waals surface area contributed by atoms with E-state index in [-0.39, 0.29) is 0 Å². The van der Waals surface area contributed by atoms with E-state index in [1.807, 2.05) is 30.3 Å². The molecule has 0 bridgehead atoms. The third-order valence-corrected chi connectivity index (χ3v) is 2.26. The van der Waals surface area contributed by atoms with Crippen LogP contribution in [0.15, 0.2) is 36.9 Å². The Morgan fingerprint density at radius 2 is 2.00 bits per heavy atom. The van der Waals surface area contributed by atoms with Gasteiger partial charge >= 0.3 is 0 Å². The van der Waals surface area contributed by atoms with E-state index in [9.17, 15) is 0 Å². The molecule has 76 valence electrons. The molecule has 1 N–H and O–H groups in total. The van der Waals surface area contributed by atoms with Crippen molar-refractivity contribution in [1.82, 2.24) is 5.32 Å². The minimum atomic E-state index is 0.792. The van der Waals surface area contributed by atoms with Crippen molar-refractivity contribution in [3.05, 3.63) is 47.5 Å². The molecule has 1 rings (SSSR count). The normalized spacial score (nSPS) is 10.1. The Kier molecular flexibility index (Phi) is 5.35. The van der Waals surface area contributed by atoms with Crippen LogP contribution in [0.2, 0.25) is 5.02 Å². The molecule has 0 spiro atoms. The van der Waals surface area contributed by atoms with Crippen LogP contribution in [-0.4, -0.2) is 6.54 Å². The van der Waals surface area contributed by atoms with Gasteiger partial charge < -0.3 is 5.32 Å². The Balaban J connectivity index is 2.18. The van der Waals surface area contributed by atoms with Crippen LogP contribution in [0.5, 0.6) is 0 Å². The summed E-state index contributed by atoms with van der Waals surface area (Å²) in [6.45, 7) is 5.63. The summed E-state index contributed by atoms with van der Waals surface area (Å²) in [5.41, 5.74) is 1.27. The zero-order chi connectivity index (χ0) is 10.2. The van der Waals surface area contributed by atoms with Gasteiger partial charge in [0, 0.05) is 11.6 Å². The first-order valence-electron chi connectivity index (χ1n) is 4.89. The van der Waals surface area contributed by atoms with Crippen LogP contribution in [0.4, 0.5) is 0 Å². The first-order chi connectivity index (χ1) is 6.83. The molecule has 0 saturated carbocycles. The highest BCUT2D eigenvalue weighted by atomic mass is 35.5. The van der Waals surface area contributed by atoms with Crippen LogP contribution < -0.4 is 5.32 Å². The number of unbranched alkanes of at least 4 members (excludes halogenated alkanes) is 1. The van der Waals surface area contributed by atoms with Gasteiger partial charge in [-0.15, -0.1) is 6.58 Å². The summed E-state index contributed by atoms with van der Waals surface area (Å²) in [4.78, 5) is 0.